The second kappa shape index (κ2) is 9.69. The van der Waals surface area contributed by atoms with Crippen LogP contribution < -0.4 is 16.3 Å². The number of aryl methyl sites for hydroxylation is 2. The molecule has 2 aromatic heterocycles. The van der Waals surface area contributed by atoms with Crippen LogP contribution in [0, 0.1) is 0 Å². The number of amides is 4. The highest BCUT2D eigenvalue weighted by Gasteiger charge is 2.48. The van der Waals surface area contributed by atoms with E-state index in [1.807, 2.05) is 60.7 Å². The second-order valence-electron chi connectivity index (χ2n) is 9.07. The Kier molecular flexibility index (Phi) is 6.26. The number of hydrogen-bond donors (Lipinski definition) is 3. The van der Waals surface area contributed by atoms with Crippen molar-refractivity contribution in [3.63, 3.8) is 0 Å². The number of aromatic nitrogens is 4. The van der Waals surface area contributed by atoms with E-state index < -0.39 is 23.4 Å². The van der Waals surface area contributed by atoms with Gasteiger partial charge in [0.05, 0.1) is 11.9 Å². The van der Waals surface area contributed by atoms with Crippen molar-refractivity contribution in [3.8, 4) is 5.69 Å². The standard InChI is InChI=1S/C26H25N7O4/c1-26(15-14-17-8-4-2-5-9-17)24(36)33(25(37)30-26)31-21(34)13-12-20-28-22-19(23(35)29-20)16-27-32(22)18-10-6-3-7-11-18/h2-11,16H,12-15H2,1H3,(H,30,37)(H,31,34)(H,28,29,35)/t26-/m1/s1. The van der Waals surface area contributed by atoms with E-state index in [0.717, 1.165) is 16.3 Å². The molecule has 5 rings (SSSR count). The third kappa shape index (κ3) is 4.83. The molecule has 3 N–H and O–H groups in total. The minimum absolute atomic E-state index is 0.0892. The van der Waals surface area contributed by atoms with Gasteiger partial charge in [-0.3, -0.25) is 19.8 Å². The van der Waals surface area contributed by atoms with Gasteiger partial charge in [0.25, 0.3) is 11.5 Å². The number of H-pyrrole nitrogens is 1. The van der Waals surface area contributed by atoms with Crippen molar-refractivity contribution >= 4 is 28.9 Å². The molecule has 1 atom stereocenters. The first-order chi connectivity index (χ1) is 17.8. The number of imide groups is 1. The highest BCUT2D eigenvalue weighted by Crippen LogP contribution is 2.22. The second-order valence-corrected chi connectivity index (χ2v) is 9.07. The van der Waals surface area contributed by atoms with Crippen molar-refractivity contribution in [3.05, 3.63) is 88.6 Å². The number of rotatable bonds is 8. The summed E-state index contributed by atoms with van der Waals surface area (Å²) in [6.45, 7) is 1.64. The van der Waals surface area contributed by atoms with Crippen molar-refractivity contribution in [1.82, 2.24) is 35.5 Å². The number of hydrazine groups is 1. The van der Waals surface area contributed by atoms with Crippen LogP contribution in [0.4, 0.5) is 4.79 Å². The predicted octanol–water partition coefficient (Wildman–Crippen LogP) is 2.02. The van der Waals surface area contributed by atoms with Gasteiger partial charge in [-0.05, 0) is 37.5 Å². The third-order valence-electron chi connectivity index (χ3n) is 6.33. The van der Waals surface area contributed by atoms with E-state index in [9.17, 15) is 19.2 Å². The topological polar surface area (TPSA) is 142 Å². The first-order valence-corrected chi connectivity index (χ1v) is 11.9. The van der Waals surface area contributed by atoms with Crippen molar-refractivity contribution in [1.29, 1.82) is 0 Å². The monoisotopic (exact) mass is 499 g/mol. The van der Waals surface area contributed by atoms with Gasteiger partial charge in [-0.25, -0.2) is 14.5 Å². The molecule has 1 saturated heterocycles. The minimum Gasteiger partial charge on any atom is -0.322 e. The van der Waals surface area contributed by atoms with Crippen LogP contribution in [0.15, 0.2) is 71.7 Å². The van der Waals surface area contributed by atoms with Gasteiger partial charge < -0.3 is 10.3 Å². The summed E-state index contributed by atoms with van der Waals surface area (Å²) < 4.78 is 1.55. The largest absolute Gasteiger partial charge is 0.344 e. The van der Waals surface area contributed by atoms with Crippen molar-refractivity contribution < 1.29 is 14.4 Å². The molecule has 11 nitrogen and oxygen atoms in total. The normalized spacial score (nSPS) is 17.3. The maximum Gasteiger partial charge on any atom is 0.344 e. The molecule has 1 aliphatic heterocycles. The highest BCUT2D eigenvalue weighted by atomic mass is 16.2. The summed E-state index contributed by atoms with van der Waals surface area (Å²) in [4.78, 5) is 57.7. The van der Waals surface area contributed by atoms with Crippen LogP contribution in [0.25, 0.3) is 16.7 Å². The molecule has 0 saturated carbocycles. The Balaban J connectivity index is 1.24. The predicted molar refractivity (Wildman–Crippen MR) is 134 cm³/mol. The molecule has 1 fully saturated rings. The Morgan fingerprint density at radius 3 is 2.43 bits per heavy atom. The van der Waals surface area contributed by atoms with Crippen LogP contribution in [-0.2, 0) is 22.4 Å². The van der Waals surface area contributed by atoms with Gasteiger partial charge in [-0.15, -0.1) is 0 Å². The lowest BCUT2D eigenvalue weighted by Crippen LogP contribution is -2.49. The molecule has 3 heterocycles. The van der Waals surface area contributed by atoms with E-state index in [-0.39, 0.29) is 24.2 Å². The first kappa shape index (κ1) is 23.9. The lowest BCUT2D eigenvalue weighted by atomic mass is 9.93. The molecule has 0 spiro atoms. The third-order valence-corrected chi connectivity index (χ3v) is 6.33. The van der Waals surface area contributed by atoms with E-state index in [4.69, 9.17) is 0 Å². The molecule has 2 aromatic carbocycles. The maximum atomic E-state index is 13.0. The van der Waals surface area contributed by atoms with Crippen LogP contribution in [0.5, 0.6) is 0 Å². The molecule has 0 unspecified atom stereocenters. The van der Waals surface area contributed by atoms with Crippen LogP contribution in [0.1, 0.15) is 31.2 Å². The molecule has 4 amide bonds. The zero-order valence-corrected chi connectivity index (χ0v) is 20.1. The Bertz CT molecular complexity index is 1530. The first-order valence-electron chi connectivity index (χ1n) is 11.9. The molecule has 0 aliphatic carbocycles. The summed E-state index contributed by atoms with van der Waals surface area (Å²) in [6.07, 6.45) is 2.40. The van der Waals surface area contributed by atoms with Crippen LogP contribution in [0.3, 0.4) is 0 Å². The zero-order chi connectivity index (χ0) is 26.0. The average Bonchev–Trinajstić information content (AvgIpc) is 3.43. The SMILES string of the molecule is C[C@]1(CCc2ccccc2)NC(=O)N(NC(=O)CCc2nc3c(cnn3-c3ccccc3)c(=O)[nH]2)C1=O. The molecule has 37 heavy (non-hydrogen) atoms. The van der Waals surface area contributed by atoms with Crippen LogP contribution in [-0.4, -0.2) is 48.1 Å². The van der Waals surface area contributed by atoms with E-state index in [1.165, 1.54) is 6.20 Å². The van der Waals surface area contributed by atoms with Crippen molar-refractivity contribution in [2.75, 3.05) is 0 Å². The van der Waals surface area contributed by atoms with Gasteiger partial charge in [0.2, 0.25) is 5.91 Å². The zero-order valence-electron chi connectivity index (χ0n) is 20.1. The fourth-order valence-electron chi connectivity index (χ4n) is 4.25. The fraction of sp³-hybridized carbons (Fsp3) is 0.231. The van der Waals surface area contributed by atoms with Crippen molar-refractivity contribution in [2.24, 2.45) is 0 Å². The van der Waals surface area contributed by atoms with Crippen LogP contribution >= 0.6 is 0 Å². The van der Waals surface area contributed by atoms with E-state index in [2.05, 4.69) is 25.8 Å². The molecule has 0 radical (unpaired) electrons. The fourth-order valence-corrected chi connectivity index (χ4v) is 4.25. The number of fused-ring (bicyclic) bond motifs is 1. The quantitative estimate of drug-likeness (QED) is 0.317. The number of urea groups is 1. The van der Waals surface area contributed by atoms with E-state index in [0.29, 0.717) is 23.9 Å². The summed E-state index contributed by atoms with van der Waals surface area (Å²) in [5.41, 5.74) is 3.04. The summed E-state index contributed by atoms with van der Waals surface area (Å²) in [5.74, 6) is -0.799. The summed E-state index contributed by atoms with van der Waals surface area (Å²) >= 11 is 0. The minimum atomic E-state index is -1.13. The summed E-state index contributed by atoms with van der Waals surface area (Å²) in [5, 5.41) is 7.99. The number of aromatic amines is 1. The summed E-state index contributed by atoms with van der Waals surface area (Å²) in [7, 11) is 0. The van der Waals surface area contributed by atoms with Crippen LogP contribution in [0.2, 0.25) is 0 Å². The van der Waals surface area contributed by atoms with Gasteiger partial charge in [-0.2, -0.15) is 10.1 Å². The highest BCUT2D eigenvalue weighted by molar-refractivity contribution is 6.07. The van der Waals surface area contributed by atoms with Gasteiger partial charge >= 0.3 is 6.03 Å². The molecular formula is C26H25N7O4. The number of nitrogens with one attached hydrogen (secondary N) is 3. The van der Waals surface area contributed by atoms with Gasteiger partial charge in [0.1, 0.15) is 16.7 Å². The molecule has 188 valence electrons. The Hall–Kier alpha value is -4.80. The molecule has 0 bridgehead atoms. The van der Waals surface area contributed by atoms with Gasteiger partial charge in [-0.1, -0.05) is 48.5 Å². The lowest BCUT2D eigenvalue weighted by molar-refractivity contribution is -0.138. The number of carbonyl (C=O) groups is 3. The molecular weight excluding hydrogens is 474 g/mol. The summed E-state index contributed by atoms with van der Waals surface area (Å²) in [6, 6.07) is 18.2. The molecule has 1 aliphatic rings. The number of nitrogens with zero attached hydrogens (tertiary/aromatic N) is 4. The smallest absolute Gasteiger partial charge is 0.322 e. The van der Waals surface area contributed by atoms with E-state index in [1.54, 1.807) is 11.6 Å². The number of benzene rings is 2. The van der Waals surface area contributed by atoms with Gasteiger partial charge in [0, 0.05) is 12.8 Å². The van der Waals surface area contributed by atoms with Crippen molar-refractivity contribution in [2.45, 2.75) is 38.1 Å². The number of hydrogen-bond acceptors (Lipinski definition) is 6. The Morgan fingerprint density at radius 1 is 1.00 bits per heavy atom. The van der Waals surface area contributed by atoms with Gasteiger partial charge in [0.15, 0.2) is 5.65 Å². The average molecular weight is 500 g/mol. The number of para-hydroxylation sites is 1. The Labute approximate surface area is 211 Å². The Morgan fingerprint density at radius 2 is 1.70 bits per heavy atom. The maximum absolute atomic E-state index is 13.0. The number of carbonyl (C=O) groups excluding carboxylic acids is 3. The molecule has 4 aromatic rings. The lowest BCUT2D eigenvalue weighted by Gasteiger charge is -2.21. The molecule has 11 heteroatoms. The van der Waals surface area contributed by atoms with E-state index >= 15 is 0 Å².